The molecule has 0 aliphatic heterocycles. The molecule has 3 N–H and O–H groups in total. The number of nitrogens with two attached hydrogens (primary N) is 1. The summed E-state index contributed by atoms with van der Waals surface area (Å²) in [6, 6.07) is 0.648. The monoisotopic (exact) mass is 226 g/mol. The van der Waals surface area contributed by atoms with Gasteiger partial charge in [0.2, 0.25) is 5.91 Å². The Bertz CT molecular complexity index is 226. The second-order valence-electron chi connectivity index (χ2n) is 5.66. The van der Waals surface area contributed by atoms with Crippen LogP contribution in [0, 0.1) is 5.41 Å². The van der Waals surface area contributed by atoms with Crippen molar-refractivity contribution in [2.75, 3.05) is 6.54 Å². The van der Waals surface area contributed by atoms with Crippen molar-refractivity contribution in [3.8, 4) is 0 Å². The van der Waals surface area contributed by atoms with Gasteiger partial charge in [-0.2, -0.15) is 0 Å². The largest absolute Gasteiger partial charge is 0.370 e. The van der Waals surface area contributed by atoms with Crippen LogP contribution in [0.1, 0.15) is 58.8 Å². The maximum absolute atomic E-state index is 10.6. The minimum Gasteiger partial charge on any atom is -0.370 e. The number of hydrogen-bond donors (Lipinski definition) is 2. The summed E-state index contributed by atoms with van der Waals surface area (Å²) in [6.07, 6.45) is 7.82. The highest BCUT2D eigenvalue weighted by atomic mass is 16.1. The van der Waals surface area contributed by atoms with Gasteiger partial charge in [-0.3, -0.25) is 4.79 Å². The van der Waals surface area contributed by atoms with Crippen LogP contribution < -0.4 is 11.1 Å². The van der Waals surface area contributed by atoms with E-state index < -0.39 is 0 Å². The molecule has 0 aromatic heterocycles. The molecule has 1 fully saturated rings. The van der Waals surface area contributed by atoms with Crippen molar-refractivity contribution in [1.82, 2.24) is 5.32 Å². The predicted molar refractivity (Wildman–Crippen MR) is 67.1 cm³/mol. The van der Waals surface area contributed by atoms with E-state index in [-0.39, 0.29) is 5.91 Å². The van der Waals surface area contributed by atoms with Crippen LogP contribution in [0.15, 0.2) is 0 Å². The number of primary amides is 1. The molecule has 1 amide bonds. The lowest BCUT2D eigenvalue weighted by molar-refractivity contribution is -0.118. The first-order valence-electron chi connectivity index (χ1n) is 6.54. The lowest BCUT2D eigenvalue weighted by Crippen LogP contribution is -2.44. The van der Waals surface area contributed by atoms with Gasteiger partial charge in [-0.05, 0) is 37.6 Å². The van der Waals surface area contributed by atoms with Crippen molar-refractivity contribution in [2.45, 2.75) is 64.8 Å². The third-order valence-electron chi connectivity index (χ3n) is 3.75. The zero-order valence-electron chi connectivity index (χ0n) is 10.7. The van der Waals surface area contributed by atoms with Gasteiger partial charge < -0.3 is 11.1 Å². The van der Waals surface area contributed by atoms with Gasteiger partial charge in [0.05, 0.1) is 0 Å². The van der Waals surface area contributed by atoms with Crippen molar-refractivity contribution in [3.05, 3.63) is 0 Å². The Kier molecular flexibility index (Phi) is 5.26. The van der Waals surface area contributed by atoms with E-state index in [9.17, 15) is 4.79 Å². The molecular weight excluding hydrogens is 200 g/mol. The Hall–Kier alpha value is -0.570. The Morgan fingerprint density at radius 1 is 1.38 bits per heavy atom. The van der Waals surface area contributed by atoms with Crippen LogP contribution in [0.25, 0.3) is 0 Å². The molecule has 0 heterocycles. The molecule has 0 aromatic carbocycles. The summed E-state index contributed by atoms with van der Waals surface area (Å²) < 4.78 is 0. The number of rotatable bonds is 6. The SMILES string of the molecule is CC1(C)CCCCC1NCCCCC(N)=O. The van der Waals surface area contributed by atoms with Gasteiger partial charge in [0.25, 0.3) is 0 Å². The zero-order chi connectivity index (χ0) is 12.0. The molecule has 0 saturated heterocycles. The van der Waals surface area contributed by atoms with Gasteiger partial charge in [-0.15, -0.1) is 0 Å². The smallest absolute Gasteiger partial charge is 0.217 e. The first-order chi connectivity index (χ1) is 7.52. The number of carbonyl (C=O) groups is 1. The summed E-state index contributed by atoms with van der Waals surface area (Å²) in [5.74, 6) is -0.182. The maximum Gasteiger partial charge on any atom is 0.217 e. The molecule has 0 radical (unpaired) electrons. The summed E-state index contributed by atoms with van der Waals surface area (Å²) in [5.41, 5.74) is 5.53. The number of carbonyl (C=O) groups excluding carboxylic acids is 1. The first-order valence-corrected chi connectivity index (χ1v) is 6.54. The Labute approximate surface area is 99.2 Å². The third kappa shape index (κ3) is 4.52. The molecule has 0 spiro atoms. The molecule has 1 saturated carbocycles. The number of nitrogens with one attached hydrogen (secondary N) is 1. The summed E-state index contributed by atoms with van der Waals surface area (Å²) >= 11 is 0. The van der Waals surface area contributed by atoms with Crippen molar-refractivity contribution in [1.29, 1.82) is 0 Å². The Morgan fingerprint density at radius 2 is 2.12 bits per heavy atom. The molecule has 1 atom stereocenters. The lowest BCUT2D eigenvalue weighted by atomic mass is 9.73. The van der Waals surface area contributed by atoms with Gasteiger partial charge >= 0.3 is 0 Å². The molecule has 0 aromatic rings. The fourth-order valence-corrected chi connectivity index (χ4v) is 2.57. The van der Waals surface area contributed by atoms with Crippen molar-refractivity contribution in [2.24, 2.45) is 11.1 Å². The van der Waals surface area contributed by atoms with Crippen LogP contribution in [0.3, 0.4) is 0 Å². The summed E-state index contributed by atoms with van der Waals surface area (Å²) in [7, 11) is 0. The van der Waals surface area contributed by atoms with E-state index in [4.69, 9.17) is 5.73 Å². The molecular formula is C13H26N2O. The molecule has 3 nitrogen and oxygen atoms in total. The van der Waals surface area contributed by atoms with E-state index in [2.05, 4.69) is 19.2 Å². The van der Waals surface area contributed by atoms with Crippen LogP contribution >= 0.6 is 0 Å². The molecule has 0 bridgehead atoms. The van der Waals surface area contributed by atoms with Gasteiger partial charge in [0.1, 0.15) is 0 Å². The fraction of sp³-hybridized carbons (Fsp3) is 0.923. The van der Waals surface area contributed by atoms with E-state index >= 15 is 0 Å². The molecule has 94 valence electrons. The van der Waals surface area contributed by atoms with Gasteiger partial charge in [-0.1, -0.05) is 26.7 Å². The predicted octanol–water partition coefficient (Wildman–Crippen LogP) is 2.20. The topological polar surface area (TPSA) is 55.1 Å². The highest BCUT2D eigenvalue weighted by Gasteiger charge is 2.31. The van der Waals surface area contributed by atoms with Crippen LogP contribution in [0.2, 0.25) is 0 Å². The minimum atomic E-state index is -0.182. The number of hydrogen-bond acceptors (Lipinski definition) is 2. The van der Waals surface area contributed by atoms with Crippen LogP contribution in [-0.4, -0.2) is 18.5 Å². The van der Waals surface area contributed by atoms with Gasteiger partial charge in [0.15, 0.2) is 0 Å². The molecule has 1 unspecified atom stereocenters. The third-order valence-corrected chi connectivity index (χ3v) is 3.75. The molecule has 16 heavy (non-hydrogen) atoms. The second kappa shape index (κ2) is 6.24. The maximum atomic E-state index is 10.6. The fourth-order valence-electron chi connectivity index (χ4n) is 2.57. The number of amides is 1. The van der Waals surface area contributed by atoms with Crippen LogP contribution in [0.5, 0.6) is 0 Å². The molecule has 1 aliphatic carbocycles. The highest BCUT2D eigenvalue weighted by Crippen LogP contribution is 2.35. The summed E-state index contributed by atoms with van der Waals surface area (Å²) in [4.78, 5) is 10.6. The normalized spacial score (nSPS) is 24.2. The summed E-state index contributed by atoms with van der Waals surface area (Å²) in [5, 5.41) is 3.63. The zero-order valence-corrected chi connectivity index (χ0v) is 10.7. The van der Waals surface area contributed by atoms with E-state index in [1.165, 1.54) is 25.7 Å². The second-order valence-corrected chi connectivity index (χ2v) is 5.66. The first kappa shape index (κ1) is 13.5. The van der Waals surface area contributed by atoms with E-state index in [0.717, 1.165) is 19.4 Å². The van der Waals surface area contributed by atoms with Crippen molar-refractivity contribution >= 4 is 5.91 Å². The minimum absolute atomic E-state index is 0.182. The van der Waals surface area contributed by atoms with Crippen LogP contribution in [0.4, 0.5) is 0 Å². The van der Waals surface area contributed by atoms with Crippen molar-refractivity contribution in [3.63, 3.8) is 0 Å². The highest BCUT2D eigenvalue weighted by molar-refractivity contribution is 5.73. The van der Waals surface area contributed by atoms with Crippen LogP contribution in [-0.2, 0) is 4.79 Å². The molecule has 1 rings (SSSR count). The Morgan fingerprint density at radius 3 is 2.75 bits per heavy atom. The standard InChI is InChI=1S/C13H26N2O/c1-13(2)9-5-3-7-11(13)15-10-6-4-8-12(14)16/h11,15H,3-10H2,1-2H3,(H2,14,16). The van der Waals surface area contributed by atoms with E-state index in [0.29, 0.717) is 17.9 Å². The van der Waals surface area contributed by atoms with E-state index in [1.807, 2.05) is 0 Å². The summed E-state index contributed by atoms with van der Waals surface area (Å²) in [6.45, 7) is 5.72. The average molecular weight is 226 g/mol. The van der Waals surface area contributed by atoms with Gasteiger partial charge in [-0.25, -0.2) is 0 Å². The van der Waals surface area contributed by atoms with E-state index in [1.54, 1.807) is 0 Å². The number of unbranched alkanes of at least 4 members (excludes halogenated alkanes) is 1. The Balaban J connectivity index is 2.14. The molecule has 1 aliphatic rings. The van der Waals surface area contributed by atoms with Crippen molar-refractivity contribution < 1.29 is 4.79 Å². The average Bonchev–Trinajstić information content (AvgIpc) is 2.19. The lowest BCUT2D eigenvalue weighted by Gasteiger charge is -2.39. The quantitative estimate of drug-likeness (QED) is 0.682. The molecule has 3 heteroatoms. The van der Waals surface area contributed by atoms with Gasteiger partial charge in [0, 0.05) is 12.5 Å².